The van der Waals surface area contributed by atoms with Crippen LogP contribution >= 0.6 is 15.9 Å². The first kappa shape index (κ1) is 27.9. The zero-order valence-corrected chi connectivity index (χ0v) is 24.6. The second-order valence-corrected chi connectivity index (χ2v) is 11.0. The topological polar surface area (TPSA) is 54.0 Å². The van der Waals surface area contributed by atoms with Gasteiger partial charge in [-0.15, -0.1) is 0 Å². The van der Waals surface area contributed by atoms with Gasteiger partial charge in [0.2, 0.25) is 0 Å². The normalized spacial score (nSPS) is 19.5. The molecule has 204 valence electrons. The Morgan fingerprint density at radius 2 is 1.52 bits per heavy atom. The minimum atomic E-state index is -0.626. The van der Waals surface area contributed by atoms with Gasteiger partial charge >= 0.3 is 0 Å². The molecule has 0 amide bonds. The van der Waals surface area contributed by atoms with Crippen LogP contribution in [0.1, 0.15) is 48.4 Å². The van der Waals surface area contributed by atoms with Gasteiger partial charge in [-0.3, -0.25) is 5.01 Å². The van der Waals surface area contributed by atoms with E-state index >= 15 is 0 Å². The van der Waals surface area contributed by atoms with Crippen LogP contribution in [0.25, 0.3) is 5.57 Å². The smallest absolute Gasteiger partial charge is 0.116 e. The van der Waals surface area contributed by atoms with Crippen molar-refractivity contribution in [1.29, 1.82) is 0 Å². The number of nitrogens with two attached hydrogens (primary N) is 1. The quantitative estimate of drug-likeness (QED) is 0.110. The minimum Gasteiger partial charge on any atom is -0.303 e. The fourth-order valence-electron chi connectivity index (χ4n) is 6.49. The minimum absolute atomic E-state index is 0.0269. The van der Waals surface area contributed by atoms with Gasteiger partial charge < -0.3 is 5.84 Å². The third kappa shape index (κ3) is 5.35. The highest BCUT2D eigenvalue weighted by atomic mass is 79.9. The van der Waals surface area contributed by atoms with E-state index in [1.54, 1.807) is 0 Å². The van der Waals surface area contributed by atoms with Crippen LogP contribution in [-0.4, -0.2) is 11.1 Å². The number of halogens is 1. The van der Waals surface area contributed by atoms with Crippen LogP contribution in [-0.2, 0) is 10.9 Å². The Morgan fingerprint density at radius 1 is 0.875 bits per heavy atom. The van der Waals surface area contributed by atoms with Crippen LogP contribution in [0.4, 0.5) is 0 Å². The van der Waals surface area contributed by atoms with E-state index in [-0.39, 0.29) is 17.9 Å². The van der Waals surface area contributed by atoms with Gasteiger partial charge in [-0.05, 0) is 47.1 Å². The molecule has 0 bridgehead atoms. The first-order valence-corrected chi connectivity index (χ1v) is 15.2. The number of hydrogen-bond acceptors (Lipinski definition) is 2. The Balaban J connectivity index is 1.72. The molecule has 2 aliphatic carbocycles. The third-order valence-corrected chi connectivity index (χ3v) is 8.94. The molecule has 4 nitrogen and oxygen atoms in total. The third-order valence-electron chi connectivity index (χ3n) is 8.29. The van der Waals surface area contributed by atoms with Gasteiger partial charge in [0.25, 0.3) is 0 Å². The molecule has 2 N–H and O–H groups in total. The van der Waals surface area contributed by atoms with Gasteiger partial charge in [-0.1, -0.05) is 161 Å². The van der Waals surface area contributed by atoms with Gasteiger partial charge in [0.05, 0.1) is 6.04 Å². The molecule has 3 unspecified atom stereocenters. The summed E-state index contributed by atoms with van der Waals surface area (Å²) >= 11 is 3.59. The Bertz CT molecular complexity index is 1350. The van der Waals surface area contributed by atoms with Crippen molar-refractivity contribution in [2.75, 3.05) is 0 Å². The van der Waals surface area contributed by atoms with Crippen LogP contribution in [0.3, 0.4) is 0 Å². The fraction of sp³-hybridized carbons (Fsp3) is 0.257. The summed E-state index contributed by atoms with van der Waals surface area (Å²) in [5.41, 5.74) is 5.56. The Morgan fingerprint density at radius 3 is 2.08 bits per heavy atom. The maximum absolute atomic E-state index is 5.96. The highest BCUT2D eigenvalue weighted by Gasteiger charge is 2.50. The van der Waals surface area contributed by atoms with Crippen molar-refractivity contribution in [2.45, 2.75) is 43.1 Å². The Kier molecular flexibility index (Phi) is 9.12. The van der Waals surface area contributed by atoms with E-state index in [4.69, 9.17) is 11.1 Å². The van der Waals surface area contributed by atoms with Crippen molar-refractivity contribution in [3.05, 3.63) is 150 Å². The standard InChI is InChI=1S/C35H37BrN4/c1-2-34(33-21-13-12-20-32(33)28-24-22-27(26-36)23-25-28)40(39-38-37)35(29-14-6-3-7-15-29,30-16-8-4-9-17-30)31-18-10-5-11-19-31/h3-18,20,22-25,31,33-34H,2,19,21,26H2,1H3,(H2,37,39). The number of benzene rings is 3. The van der Waals surface area contributed by atoms with E-state index in [2.05, 4.69) is 161 Å². The lowest BCUT2D eigenvalue weighted by Crippen LogP contribution is -2.55. The van der Waals surface area contributed by atoms with Gasteiger partial charge in [0, 0.05) is 17.2 Å². The van der Waals surface area contributed by atoms with Crippen LogP contribution < -0.4 is 5.84 Å². The summed E-state index contributed by atoms with van der Waals surface area (Å²) in [4.78, 5) is 0. The Hall–Kier alpha value is -3.70. The van der Waals surface area contributed by atoms with E-state index in [0.29, 0.717) is 0 Å². The molecule has 40 heavy (non-hydrogen) atoms. The molecule has 0 spiro atoms. The van der Waals surface area contributed by atoms with Gasteiger partial charge in [-0.25, -0.2) is 0 Å². The van der Waals surface area contributed by atoms with Crippen molar-refractivity contribution in [3.8, 4) is 0 Å². The molecule has 3 atom stereocenters. The molecular formula is C35H37BrN4. The SMILES string of the molecule is CCC(C1CC=CC=C1c1ccc(CBr)cc1)N(/N=N\N)C(c1ccccc1)(c1ccccc1)C1C=CC=CC1. The molecule has 0 saturated carbocycles. The second kappa shape index (κ2) is 13.1. The molecule has 3 aromatic carbocycles. The summed E-state index contributed by atoms with van der Waals surface area (Å²) in [5.74, 6) is 6.28. The molecule has 0 saturated heterocycles. The first-order valence-electron chi connectivity index (χ1n) is 14.1. The van der Waals surface area contributed by atoms with Crippen molar-refractivity contribution in [3.63, 3.8) is 0 Å². The molecule has 5 heteroatoms. The summed E-state index contributed by atoms with van der Waals surface area (Å²) in [5, 5.41) is 11.9. The molecular weight excluding hydrogens is 556 g/mol. The zero-order valence-electron chi connectivity index (χ0n) is 23.0. The number of hydrogen-bond donors (Lipinski definition) is 1. The van der Waals surface area contributed by atoms with Crippen LogP contribution in [0.2, 0.25) is 0 Å². The van der Waals surface area contributed by atoms with Crippen molar-refractivity contribution in [1.82, 2.24) is 5.01 Å². The molecule has 2 aliphatic rings. The summed E-state index contributed by atoms with van der Waals surface area (Å²) in [6.45, 7) is 2.25. The van der Waals surface area contributed by atoms with E-state index in [1.165, 1.54) is 27.8 Å². The van der Waals surface area contributed by atoms with Crippen molar-refractivity contribution < 1.29 is 0 Å². The molecule has 0 radical (unpaired) electrons. The average Bonchev–Trinajstić information content (AvgIpc) is 3.04. The van der Waals surface area contributed by atoms with E-state index in [1.807, 2.05) is 0 Å². The van der Waals surface area contributed by atoms with Crippen molar-refractivity contribution >= 4 is 21.5 Å². The number of alkyl halides is 1. The molecule has 5 rings (SSSR count). The largest absolute Gasteiger partial charge is 0.303 e. The van der Waals surface area contributed by atoms with Gasteiger partial charge in [0.1, 0.15) is 5.54 Å². The summed E-state index contributed by atoms with van der Waals surface area (Å²) < 4.78 is 0. The van der Waals surface area contributed by atoms with Gasteiger partial charge in [-0.2, -0.15) is 0 Å². The van der Waals surface area contributed by atoms with Crippen LogP contribution in [0.15, 0.2) is 138 Å². The summed E-state index contributed by atoms with van der Waals surface area (Å²) in [6, 6.07) is 30.4. The monoisotopic (exact) mass is 592 g/mol. The van der Waals surface area contributed by atoms with Crippen molar-refractivity contribution in [2.24, 2.45) is 28.1 Å². The van der Waals surface area contributed by atoms with E-state index in [9.17, 15) is 0 Å². The zero-order chi connectivity index (χ0) is 27.8. The lowest BCUT2D eigenvalue weighted by molar-refractivity contribution is 0.0121. The maximum atomic E-state index is 5.96. The Labute approximate surface area is 246 Å². The molecule has 0 aromatic heterocycles. The summed E-state index contributed by atoms with van der Waals surface area (Å²) in [7, 11) is 0. The maximum Gasteiger partial charge on any atom is 0.116 e. The highest BCUT2D eigenvalue weighted by Crippen LogP contribution is 2.50. The summed E-state index contributed by atoms with van der Waals surface area (Å²) in [6.07, 6.45) is 18.3. The van der Waals surface area contributed by atoms with Crippen LogP contribution in [0.5, 0.6) is 0 Å². The molecule has 3 aromatic rings. The fourth-order valence-corrected chi connectivity index (χ4v) is 6.87. The number of nitrogens with zero attached hydrogens (tertiary/aromatic N) is 3. The molecule has 0 aliphatic heterocycles. The van der Waals surface area contributed by atoms with Gasteiger partial charge in [0.15, 0.2) is 0 Å². The predicted molar refractivity (Wildman–Crippen MR) is 169 cm³/mol. The lowest BCUT2D eigenvalue weighted by Gasteiger charge is -2.51. The molecule has 0 heterocycles. The van der Waals surface area contributed by atoms with Crippen LogP contribution in [0, 0.1) is 11.8 Å². The van der Waals surface area contributed by atoms with E-state index < -0.39 is 5.54 Å². The number of allylic oxidation sites excluding steroid dienone is 6. The highest BCUT2D eigenvalue weighted by molar-refractivity contribution is 9.08. The van der Waals surface area contributed by atoms with E-state index in [0.717, 1.165) is 24.6 Å². The first-order chi connectivity index (χ1) is 19.7. The number of rotatable bonds is 10. The predicted octanol–water partition coefficient (Wildman–Crippen LogP) is 8.94. The second-order valence-electron chi connectivity index (χ2n) is 10.4. The average molecular weight is 594 g/mol. The molecule has 0 fully saturated rings. The lowest BCUT2D eigenvalue weighted by atomic mass is 9.68.